The summed E-state index contributed by atoms with van der Waals surface area (Å²) in [6.45, 7) is 4.09. The van der Waals surface area contributed by atoms with Crippen LogP contribution in [0.1, 0.15) is 52.3 Å². The fourth-order valence-corrected chi connectivity index (χ4v) is 5.57. The Hall–Kier alpha value is -3.91. The van der Waals surface area contributed by atoms with Gasteiger partial charge in [0.25, 0.3) is 11.8 Å². The highest BCUT2D eigenvalue weighted by Gasteiger charge is 2.36. The number of imidazole rings is 1. The van der Waals surface area contributed by atoms with Crippen LogP contribution in [0.25, 0.3) is 10.1 Å². The Balaban J connectivity index is 1.56. The Morgan fingerprint density at radius 3 is 2.71 bits per heavy atom. The molecule has 5 rings (SSSR count). The maximum absolute atomic E-state index is 14.3. The van der Waals surface area contributed by atoms with E-state index in [2.05, 4.69) is 25.3 Å². The molecule has 0 saturated carbocycles. The zero-order chi connectivity index (χ0) is 29.1. The van der Waals surface area contributed by atoms with Crippen LogP contribution in [0.5, 0.6) is 0 Å². The summed E-state index contributed by atoms with van der Waals surface area (Å²) in [4.78, 5) is 44.0. The third-order valence-corrected chi connectivity index (χ3v) is 7.49. The molecule has 0 spiro atoms. The molecule has 11 nitrogen and oxygen atoms in total. The molecule has 214 valence electrons. The van der Waals surface area contributed by atoms with Crippen LogP contribution >= 0.6 is 23.1 Å². The quantitative estimate of drug-likeness (QED) is 0.235. The Kier molecular flexibility index (Phi) is 8.59. The molecule has 4 aromatic rings. The van der Waals surface area contributed by atoms with Crippen LogP contribution in [0.3, 0.4) is 0 Å². The molecule has 0 radical (unpaired) electrons. The molecular weight excluding hydrogens is 575 g/mol. The summed E-state index contributed by atoms with van der Waals surface area (Å²) in [7, 11) is 0. The van der Waals surface area contributed by atoms with Gasteiger partial charge in [0.05, 0.1) is 23.0 Å². The number of rotatable bonds is 10. The van der Waals surface area contributed by atoms with E-state index in [1.165, 1.54) is 34.3 Å². The van der Waals surface area contributed by atoms with E-state index in [-0.39, 0.29) is 46.7 Å². The molecule has 0 aliphatic carbocycles. The number of amides is 3. The van der Waals surface area contributed by atoms with Crippen molar-refractivity contribution in [2.75, 3.05) is 25.1 Å². The molecule has 41 heavy (non-hydrogen) atoms. The van der Waals surface area contributed by atoms with Gasteiger partial charge in [0, 0.05) is 29.2 Å². The first-order valence-electron chi connectivity index (χ1n) is 12.8. The third kappa shape index (κ3) is 5.93. The normalized spacial score (nSPS) is 14.7. The molecule has 0 fully saturated rings. The predicted molar refractivity (Wildman–Crippen MR) is 151 cm³/mol. The van der Waals surface area contributed by atoms with E-state index < -0.39 is 35.9 Å². The summed E-state index contributed by atoms with van der Waals surface area (Å²) < 4.78 is 31.8. The van der Waals surface area contributed by atoms with E-state index >= 15 is 0 Å². The highest BCUT2D eigenvalue weighted by molar-refractivity contribution is 7.13. The molecule has 2 aromatic heterocycles. The van der Waals surface area contributed by atoms with Gasteiger partial charge in [-0.05, 0) is 49.6 Å². The number of ether oxygens (including phenoxy) is 2. The van der Waals surface area contributed by atoms with Crippen molar-refractivity contribution >= 4 is 56.8 Å². The molecule has 14 heteroatoms. The van der Waals surface area contributed by atoms with E-state index in [1.807, 2.05) is 12.1 Å². The van der Waals surface area contributed by atoms with Crippen molar-refractivity contribution in [1.29, 1.82) is 0 Å². The van der Waals surface area contributed by atoms with Crippen LogP contribution in [-0.4, -0.2) is 57.7 Å². The Morgan fingerprint density at radius 2 is 1.95 bits per heavy atom. The second kappa shape index (κ2) is 12.3. The standard InChI is InChI=1S/C27H26ClFN6O5S/c1-3-39-20(40-4-2)12-30-27(38)25-32-24(33-26(37)22-15-7-5-6-8-18(15)41-34-22)23-21(31-19(36)13-35(23)25)16-11-14(29)9-10-17(16)28/h5-11,20-21H,3-4,12-13H2,1-2H3,(H,30,38)(H,31,36)(H,33,37)/t21-/m0/s1. The van der Waals surface area contributed by atoms with Gasteiger partial charge in [0.2, 0.25) is 11.7 Å². The third-order valence-electron chi connectivity index (χ3n) is 6.32. The second-order valence-electron chi connectivity index (χ2n) is 8.95. The first-order chi connectivity index (χ1) is 19.8. The Labute approximate surface area is 243 Å². The van der Waals surface area contributed by atoms with Crippen molar-refractivity contribution in [3.8, 4) is 0 Å². The van der Waals surface area contributed by atoms with Crippen LogP contribution in [0.15, 0.2) is 42.5 Å². The summed E-state index contributed by atoms with van der Waals surface area (Å²) in [5.41, 5.74) is 0.659. The largest absolute Gasteiger partial charge is 0.351 e. The molecule has 1 atom stereocenters. The summed E-state index contributed by atoms with van der Waals surface area (Å²) >= 11 is 7.58. The van der Waals surface area contributed by atoms with E-state index in [1.54, 1.807) is 26.0 Å². The number of nitrogens with one attached hydrogen (secondary N) is 3. The summed E-state index contributed by atoms with van der Waals surface area (Å²) in [5.74, 6) is -2.38. The highest BCUT2D eigenvalue weighted by Crippen LogP contribution is 2.36. The maximum atomic E-state index is 14.3. The number of hydrogen-bond donors (Lipinski definition) is 3. The van der Waals surface area contributed by atoms with Crippen LogP contribution in [0.4, 0.5) is 10.2 Å². The predicted octanol–water partition coefficient (Wildman–Crippen LogP) is 3.89. The van der Waals surface area contributed by atoms with Crippen molar-refractivity contribution in [3.63, 3.8) is 0 Å². The molecule has 2 aromatic carbocycles. The van der Waals surface area contributed by atoms with Crippen molar-refractivity contribution in [3.05, 3.63) is 76.1 Å². The fraction of sp³-hybridized carbons (Fsp3) is 0.296. The number of carbonyl (C=O) groups excluding carboxylic acids is 3. The first kappa shape index (κ1) is 28.6. The van der Waals surface area contributed by atoms with Crippen molar-refractivity contribution in [2.24, 2.45) is 0 Å². The lowest BCUT2D eigenvalue weighted by molar-refractivity contribution is -0.131. The smallest absolute Gasteiger partial charge is 0.287 e. The molecule has 1 aliphatic heterocycles. The molecule has 0 saturated heterocycles. The minimum absolute atomic E-state index is 0.00581. The van der Waals surface area contributed by atoms with Gasteiger partial charge < -0.3 is 30.0 Å². The molecule has 3 heterocycles. The lowest BCUT2D eigenvalue weighted by Gasteiger charge is -2.28. The van der Waals surface area contributed by atoms with Gasteiger partial charge in [-0.3, -0.25) is 14.4 Å². The second-order valence-corrected chi connectivity index (χ2v) is 10.2. The van der Waals surface area contributed by atoms with E-state index in [0.717, 1.165) is 4.70 Å². The lowest BCUT2D eigenvalue weighted by atomic mass is 10.0. The van der Waals surface area contributed by atoms with Gasteiger partial charge in [-0.25, -0.2) is 9.37 Å². The first-order valence-corrected chi connectivity index (χ1v) is 14.0. The Bertz CT molecular complexity index is 1620. The summed E-state index contributed by atoms with van der Waals surface area (Å²) in [6, 6.07) is 9.98. The van der Waals surface area contributed by atoms with Crippen molar-refractivity contribution < 1.29 is 28.2 Å². The average molecular weight is 601 g/mol. The van der Waals surface area contributed by atoms with Crippen LogP contribution in [-0.2, 0) is 20.8 Å². The molecule has 3 amide bonds. The fourth-order valence-electron chi connectivity index (χ4n) is 4.57. The van der Waals surface area contributed by atoms with Gasteiger partial charge >= 0.3 is 0 Å². The molecule has 0 bridgehead atoms. The lowest BCUT2D eigenvalue weighted by Crippen LogP contribution is -2.42. The molecule has 3 N–H and O–H groups in total. The number of fused-ring (bicyclic) bond motifs is 2. The minimum atomic E-state index is -1.02. The van der Waals surface area contributed by atoms with Crippen LogP contribution in [0.2, 0.25) is 5.02 Å². The number of halogens is 2. The molecule has 0 unspecified atom stereocenters. The monoisotopic (exact) mass is 600 g/mol. The van der Waals surface area contributed by atoms with Crippen molar-refractivity contribution in [2.45, 2.75) is 32.7 Å². The number of nitrogens with zero attached hydrogens (tertiary/aromatic N) is 3. The molecule has 1 aliphatic rings. The maximum Gasteiger partial charge on any atom is 0.287 e. The van der Waals surface area contributed by atoms with Gasteiger partial charge in [-0.1, -0.05) is 29.8 Å². The van der Waals surface area contributed by atoms with E-state index in [4.69, 9.17) is 21.1 Å². The van der Waals surface area contributed by atoms with Crippen LogP contribution in [0, 0.1) is 5.82 Å². The number of anilines is 1. The highest BCUT2D eigenvalue weighted by atomic mass is 35.5. The number of carbonyl (C=O) groups is 3. The number of hydrogen-bond acceptors (Lipinski definition) is 8. The van der Waals surface area contributed by atoms with Crippen molar-refractivity contribution in [1.82, 2.24) is 24.6 Å². The van der Waals surface area contributed by atoms with Gasteiger partial charge in [-0.2, -0.15) is 4.37 Å². The number of aromatic nitrogens is 3. The van der Waals surface area contributed by atoms with E-state index in [9.17, 15) is 18.8 Å². The number of benzene rings is 2. The van der Waals surface area contributed by atoms with Gasteiger partial charge in [0.1, 0.15) is 18.1 Å². The van der Waals surface area contributed by atoms with Gasteiger partial charge in [-0.15, -0.1) is 0 Å². The minimum Gasteiger partial charge on any atom is -0.351 e. The van der Waals surface area contributed by atoms with E-state index in [0.29, 0.717) is 18.6 Å². The topological polar surface area (TPSA) is 136 Å². The van der Waals surface area contributed by atoms with Crippen LogP contribution < -0.4 is 16.0 Å². The molecular formula is C27H26ClFN6O5S. The van der Waals surface area contributed by atoms with Gasteiger partial charge in [0.15, 0.2) is 12.1 Å². The zero-order valence-electron chi connectivity index (χ0n) is 22.1. The Morgan fingerprint density at radius 1 is 1.20 bits per heavy atom. The SMILES string of the molecule is CCOC(CNC(=O)c1nc(NC(=O)c2nsc3ccccc23)c2n1CC(=O)N[C@H]2c1cc(F)ccc1Cl)OCC. The summed E-state index contributed by atoms with van der Waals surface area (Å²) in [5, 5.41) is 9.07. The summed E-state index contributed by atoms with van der Waals surface area (Å²) in [6.07, 6.45) is -0.691. The average Bonchev–Trinajstić information content (AvgIpc) is 3.54. The zero-order valence-corrected chi connectivity index (χ0v) is 23.6.